The van der Waals surface area contributed by atoms with Gasteiger partial charge in [-0.2, -0.15) is 0 Å². The van der Waals surface area contributed by atoms with Gasteiger partial charge in [0.05, 0.1) is 29.6 Å². The summed E-state index contributed by atoms with van der Waals surface area (Å²) in [7, 11) is -3.01. The summed E-state index contributed by atoms with van der Waals surface area (Å²) >= 11 is 0. The van der Waals surface area contributed by atoms with E-state index < -0.39 is 21.5 Å². The third kappa shape index (κ3) is 1.88. The Morgan fingerprint density at radius 1 is 1.53 bits per heavy atom. The lowest BCUT2D eigenvalue weighted by atomic mass is 10.00. The summed E-state index contributed by atoms with van der Waals surface area (Å²) in [4.78, 5) is 13.1. The third-order valence-corrected chi connectivity index (χ3v) is 5.13. The van der Waals surface area contributed by atoms with Crippen LogP contribution in [0, 0.1) is 0 Å². The molecular formula is C9H15NO4S. The van der Waals surface area contributed by atoms with Crippen LogP contribution >= 0.6 is 0 Å². The van der Waals surface area contributed by atoms with Crippen molar-refractivity contribution >= 4 is 15.7 Å². The number of likely N-dealkylation sites (tertiary alicyclic amines) is 1. The topological polar surface area (TPSA) is 74.7 Å². The predicted molar refractivity (Wildman–Crippen MR) is 54.0 cm³/mol. The fourth-order valence-electron chi connectivity index (χ4n) is 2.42. The van der Waals surface area contributed by atoms with Gasteiger partial charge in [-0.3, -0.25) is 4.79 Å². The molecule has 6 heteroatoms. The van der Waals surface area contributed by atoms with Gasteiger partial charge in [0.1, 0.15) is 0 Å². The second kappa shape index (κ2) is 3.18. The first-order valence-corrected chi connectivity index (χ1v) is 6.83. The summed E-state index contributed by atoms with van der Waals surface area (Å²) < 4.78 is 22.8. The van der Waals surface area contributed by atoms with E-state index >= 15 is 0 Å². The first-order valence-electron chi connectivity index (χ1n) is 5.01. The van der Waals surface area contributed by atoms with Crippen molar-refractivity contribution in [2.75, 3.05) is 18.1 Å². The molecule has 2 fully saturated rings. The number of rotatable bonds is 1. The van der Waals surface area contributed by atoms with E-state index in [2.05, 4.69) is 0 Å². The number of β-amino-alcohol motifs (C(OH)–C–C–N with tert-alkyl or cyclic N) is 1. The molecule has 1 amide bonds. The quantitative estimate of drug-likeness (QED) is 0.640. The number of hydrogen-bond donors (Lipinski definition) is 1. The van der Waals surface area contributed by atoms with Gasteiger partial charge in [0.15, 0.2) is 9.84 Å². The van der Waals surface area contributed by atoms with Gasteiger partial charge < -0.3 is 10.0 Å². The number of aliphatic hydroxyl groups is 1. The molecule has 2 aliphatic rings. The van der Waals surface area contributed by atoms with E-state index in [0.29, 0.717) is 6.42 Å². The van der Waals surface area contributed by atoms with E-state index in [1.54, 1.807) is 6.92 Å². The van der Waals surface area contributed by atoms with Crippen molar-refractivity contribution in [3.63, 3.8) is 0 Å². The van der Waals surface area contributed by atoms with Crippen LogP contribution in [0.2, 0.25) is 0 Å². The van der Waals surface area contributed by atoms with Crippen molar-refractivity contribution < 1.29 is 18.3 Å². The minimum atomic E-state index is -3.01. The van der Waals surface area contributed by atoms with Crippen LogP contribution in [0.5, 0.6) is 0 Å². The van der Waals surface area contributed by atoms with Crippen LogP contribution < -0.4 is 0 Å². The molecule has 1 N–H and O–H groups in total. The number of nitrogens with zero attached hydrogens (tertiary/aromatic N) is 1. The number of aliphatic hydroxyl groups excluding tert-OH is 1. The molecule has 0 bridgehead atoms. The van der Waals surface area contributed by atoms with Crippen LogP contribution in [0.15, 0.2) is 0 Å². The minimum absolute atomic E-state index is 0.0262. The maximum absolute atomic E-state index is 11.6. The molecule has 5 nitrogen and oxygen atoms in total. The van der Waals surface area contributed by atoms with Gasteiger partial charge in [-0.25, -0.2) is 8.42 Å². The molecule has 0 spiro atoms. The maximum atomic E-state index is 11.6. The van der Waals surface area contributed by atoms with E-state index in [-0.39, 0.29) is 30.4 Å². The number of sulfone groups is 1. The van der Waals surface area contributed by atoms with Crippen molar-refractivity contribution in [3.8, 4) is 0 Å². The summed E-state index contributed by atoms with van der Waals surface area (Å²) in [5.41, 5.74) is -0.604. The average Bonchev–Trinajstić information content (AvgIpc) is 2.54. The highest BCUT2D eigenvalue weighted by molar-refractivity contribution is 7.91. The summed E-state index contributed by atoms with van der Waals surface area (Å²) in [5, 5.41) is 9.36. The molecule has 2 aliphatic heterocycles. The molecule has 0 aliphatic carbocycles. The molecule has 2 unspecified atom stereocenters. The highest BCUT2D eigenvalue weighted by atomic mass is 32.2. The first-order chi connectivity index (χ1) is 6.82. The molecule has 0 aromatic carbocycles. The van der Waals surface area contributed by atoms with Crippen LogP contribution in [0.3, 0.4) is 0 Å². The second-order valence-corrected chi connectivity index (χ2v) is 6.89. The zero-order chi connectivity index (χ0) is 11.3. The molecule has 15 heavy (non-hydrogen) atoms. The van der Waals surface area contributed by atoms with Gasteiger partial charge in [0.2, 0.25) is 5.91 Å². The normalized spacial score (nSPS) is 40.0. The van der Waals surface area contributed by atoms with Crippen LogP contribution in [-0.4, -0.2) is 54.0 Å². The smallest absolute Gasteiger partial charge is 0.225 e. The predicted octanol–water partition coefficient (Wildman–Crippen LogP) is -0.843. The Labute approximate surface area is 89.0 Å². The van der Waals surface area contributed by atoms with Gasteiger partial charge in [-0.15, -0.1) is 0 Å². The molecule has 2 saturated heterocycles. The van der Waals surface area contributed by atoms with E-state index in [1.165, 1.54) is 4.90 Å². The number of carbonyl (C=O) groups is 1. The Bertz CT molecular complexity index is 391. The zero-order valence-corrected chi connectivity index (χ0v) is 9.46. The molecule has 0 aromatic rings. The van der Waals surface area contributed by atoms with Crippen LogP contribution in [0.1, 0.15) is 19.8 Å². The Morgan fingerprint density at radius 2 is 2.20 bits per heavy atom. The monoisotopic (exact) mass is 233 g/mol. The molecular weight excluding hydrogens is 218 g/mol. The lowest BCUT2D eigenvalue weighted by Gasteiger charge is -2.34. The van der Waals surface area contributed by atoms with Crippen molar-refractivity contribution in [1.29, 1.82) is 0 Å². The fourth-order valence-corrected chi connectivity index (χ4v) is 4.56. The van der Waals surface area contributed by atoms with Gasteiger partial charge in [-0.1, -0.05) is 0 Å². The molecule has 0 saturated carbocycles. The summed E-state index contributed by atoms with van der Waals surface area (Å²) in [6.45, 7) is 2.05. The maximum Gasteiger partial charge on any atom is 0.225 e. The standard InChI is InChI=1S/C9H15NO4S/c1-9(2-3-15(13,14)6-9)10-5-7(11)4-8(10)12/h7,11H,2-6H2,1H3. The van der Waals surface area contributed by atoms with E-state index in [9.17, 15) is 18.3 Å². The zero-order valence-electron chi connectivity index (χ0n) is 8.64. The van der Waals surface area contributed by atoms with Crippen molar-refractivity contribution in [2.24, 2.45) is 0 Å². The summed E-state index contributed by atoms with van der Waals surface area (Å²) in [6, 6.07) is 0. The molecule has 0 radical (unpaired) electrons. The van der Waals surface area contributed by atoms with E-state index in [1.807, 2.05) is 0 Å². The fraction of sp³-hybridized carbons (Fsp3) is 0.889. The lowest BCUT2D eigenvalue weighted by Crippen LogP contribution is -2.48. The lowest BCUT2D eigenvalue weighted by molar-refractivity contribution is -0.131. The summed E-state index contributed by atoms with van der Waals surface area (Å²) in [6.07, 6.45) is -0.0405. The van der Waals surface area contributed by atoms with Gasteiger partial charge in [-0.05, 0) is 13.3 Å². The van der Waals surface area contributed by atoms with Crippen LogP contribution in [0.25, 0.3) is 0 Å². The molecule has 86 valence electrons. The van der Waals surface area contributed by atoms with E-state index in [4.69, 9.17) is 0 Å². The van der Waals surface area contributed by atoms with Gasteiger partial charge >= 0.3 is 0 Å². The van der Waals surface area contributed by atoms with Gasteiger partial charge in [0, 0.05) is 6.54 Å². The molecule has 2 atom stereocenters. The van der Waals surface area contributed by atoms with E-state index in [0.717, 1.165) is 0 Å². The highest BCUT2D eigenvalue weighted by Crippen LogP contribution is 2.32. The van der Waals surface area contributed by atoms with Crippen molar-refractivity contribution in [3.05, 3.63) is 0 Å². The highest BCUT2D eigenvalue weighted by Gasteiger charge is 2.47. The Balaban J connectivity index is 2.21. The molecule has 0 aromatic heterocycles. The SMILES string of the molecule is CC1(N2CC(O)CC2=O)CCS(=O)(=O)C1. The second-order valence-electron chi connectivity index (χ2n) is 4.70. The number of carbonyl (C=O) groups excluding carboxylic acids is 1. The van der Waals surface area contributed by atoms with Crippen molar-refractivity contribution in [2.45, 2.75) is 31.4 Å². The largest absolute Gasteiger partial charge is 0.391 e. The Kier molecular flexibility index (Phi) is 2.31. The third-order valence-electron chi connectivity index (χ3n) is 3.24. The first kappa shape index (κ1) is 10.9. The number of hydrogen-bond acceptors (Lipinski definition) is 4. The average molecular weight is 233 g/mol. The Morgan fingerprint density at radius 3 is 2.60 bits per heavy atom. The molecule has 2 heterocycles. The van der Waals surface area contributed by atoms with Crippen LogP contribution in [0.4, 0.5) is 0 Å². The minimum Gasteiger partial charge on any atom is -0.391 e. The van der Waals surface area contributed by atoms with Crippen LogP contribution in [-0.2, 0) is 14.6 Å². The summed E-state index contributed by atoms with van der Waals surface area (Å²) in [5.74, 6) is 0.0315. The molecule has 2 rings (SSSR count). The Hall–Kier alpha value is -0.620. The van der Waals surface area contributed by atoms with Gasteiger partial charge in [0.25, 0.3) is 0 Å². The van der Waals surface area contributed by atoms with Crippen molar-refractivity contribution in [1.82, 2.24) is 4.90 Å². The number of amides is 1.